The van der Waals surface area contributed by atoms with Crippen molar-refractivity contribution in [3.8, 4) is 5.75 Å². The Morgan fingerprint density at radius 3 is 2.26 bits per heavy atom. The van der Waals surface area contributed by atoms with Crippen molar-refractivity contribution in [1.82, 2.24) is 0 Å². The van der Waals surface area contributed by atoms with Crippen molar-refractivity contribution >= 4 is 23.4 Å². The van der Waals surface area contributed by atoms with E-state index >= 15 is 0 Å². The van der Waals surface area contributed by atoms with Crippen LogP contribution in [0.5, 0.6) is 5.75 Å². The Labute approximate surface area is 164 Å². The van der Waals surface area contributed by atoms with Gasteiger partial charge >= 0.3 is 0 Å². The van der Waals surface area contributed by atoms with E-state index in [1.807, 2.05) is 68.4 Å². The molecule has 3 aromatic rings. The molecule has 1 N–H and O–H groups in total. The van der Waals surface area contributed by atoms with Gasteiger partial charge in [-0.05, 0) is 54.8 Å². The van der Waals surface area contributed by atoms with Crippen molar-refractivity contribution in [3.63, 3.8) is 0 Å². The molecule has 0 aliphatic carbocycles. The highest BCUT2D eigenvalue weighted by Gasteiger charge is 2.13. The highest BCUT2D eigenvalue weighted by molar-refractivity contribution is 7.98. The summed E-state index contributed by atoms with van der Waals surface area (Å²) in [7, 11) is 1.66. The van der Waals surface area contributed by atoms with Crippen molar-refractivity contribution in [1.29, 1.82) is 0 Å². The van der Waals surface area contributed by atoms with E-state index in [-0.39, 0.29) is 5.91 Å². The maximum Gasteiger partial charge on any atom is 0.256 e. The molecule has 0 saturated heterocycles. The van der Waals surface area contributed by atoms with Crippen LogP contribution in [0, 0.1) is 13.8 Å². The number of carbonyl (C=O) groups excluding carboxylic acids is 1. The van der Waals surface area contributed by atoms with Gasteiger partial charge in [0.2, 0.25) is 0 Å². The predicted molar refractivity (Wildman–Crippen MR) is 113 cm³/mol. The van der Waals surface area contributed by atoms with E-state index in [4.69, 9.17) is 4.74 Å². The molecular weight excluding hydrogens is 354 g/mol. The fourth-order valence-corrected chi connectivity index (χ4v) is 4.06. The molecule has 3 rings (SSSR count). The number of hydrogen-bond acceptors (Lipinski definition) is 3. The summed E-state index contributed by atoms with van der Waals surface area (Å²) in [4.78, 5) is 13.8. The number of anilines is 1. The summed E-state index contributed by atoms with van der Waals surface area (Å²) >= 11 is 1.67. The molecule has 0 aliphatic heterocycles. The molecule has 0 unspecified atom stereocenters. The molecule has 0 aromatic heterocycles. The quantitative estimate of drug-likeness (QED) is 0.547. The second-order valence-corrected chi connectivity index (χ2v) is 7.39. The third kappa shape index (κ3) is 4.72. The largest absolute Gasteiger partial charge is 0.496 e. The van der Waals surface area contributed by atoms with Crippen LogP contribution in [-0.4, -0.2) is 13.0 Å². The van der Waals surface area contributed by atoms with E-state index in [1.54, 1.807) is 18.9 Å². The van der Waals surface area contributed by atoms with Gasteiger partial charge in [0.05, 0.1) is 12.7 Å². The fraction of sp³-hybridized carbons (Fsp3) is 0.174. The number of thioether (sulfide) groups is 1. The van der Waals surface area contributed by atoms with Crippen molar-refractivity contribution in [2.24, 2.45) is 0 Å². The summed E-state index contributed by atoms with van der Waals surface area (Å²) < 4.78 is 5.40. The number of methoxy groups -OCH3 is 1. The van der Waals surface area contributed by atoms with Crippen LogP contribution in [0.15, 0.2) is 71.6 Å². The van der Waals surface area contributed by atoms with Gasteiger partial charge in [0.25, 0.3) is 5.91 Å². The zero-order valence-corrected chi connectivity index (χ0v) is 16.6. The smallest absolute Gasteiger partial charge is 0.256 e. The monoisotopic (exact) mass is 377 g/mol. The first-order valence-corrected chi connectivity index (χ1v) is 9.79. The standard InChI is InChI=1S/C23H23NO2S/c1-16-13-19(14-17(2)22(16)26-3)24-23(25)20-11-7-8-12-21(20)27-15-18-9-5-4-6-10-18/h4-14H,15H2,1-3H3,(H,24,25). The topological polar surface area (TPSA) is 38.3 Å². The molecule has 138 valence electrons. The third-order valence-corrected chi connectivity index (χ3v) is 5.44. The number of carbonyl (C=O) groups is 1. The first-order chi connectivity index (χ1) is 13.1. The number of hydrogen-bond donors (Lipinski definition) is 1. The van der Waals surface area contributed by atoms with Gasteiger partial charge < -0.3 is 10.1 Å². The maximum absolute atomic E-state index is 12.9. The molecule has 3 aromatic carbocycles. The normalized spacial score (nSPS) is 10.5. The molecule has 0 bridgehead atoms. The van der Waals surface area contributed by atoms with E-state index in [1.165, 1.54) is 5.56 Å². The number of rotatable bonds is 6. The van der Waals surface area contributed by atoms with Crippen molar-refractivity contribution in [2.75, 3.05) is 12.4 Å². The van der Waals surface area contributed by atoms with Crippen LogP contribution in [0.1, 0.15) is 27.0 Å². The summed E-state index contributed by atoms with van der Waals surface area (Å²) in [6, 6.07) is 21.8. The summed E-state index contributed by atoms with van der Waals surface area (Å²) in [5, 5.41) is 3.02. The minimum absolute atomic E-state index is 0.102. The van der Waals surface area contributed by atoms with Gasteiger partial charge in [-0.1, -0.05) is 42.5 Å². The molecule has 1 amide bonds. The number of benzene rings is 3. The van der Waals surface area contributed by atoms with Crippen molar-refractivity contribution in [2.45, 2.75) is 24.5 Å². The number of aryl methyl sites for hydroxylation is 2. The molecule has 0 radical (unpaired) electrons. The van der Waals surface area contributed by atoms with Crippen LogP contribution in [0.25, 0.3) is 0 Å². The highest BCUT2D eigenvalue weighted by Crippen LogP contribution is 2.29. The first kappa shape index (κ1) is 19.1. The Hall–Kier alpha value is -2.72. The number of nitrogens with one attached hydrogen (secondary N) is 1. The molecule has 0 spiro atoms. The average molecular weight is 378 g/mol. The Bertz CT molecular complexity index is 915. The average Bonchev–Trinajstić information content (AvgIpc) is 2.67. The third-order valence-electron chi connectivity index (χ3n) is 4.29. The summed E-state index contributed by atoms with van der Waals surface area (Å²) in [6.07, 6.45) is 0. The van der Waals surface area contributed by atoms with Crippen LogP contribution in [0.3, 0.4) is 0 Å². The van der Waals surface area contributed by atoms with Crippen LogP contribution in [-0.2, 0) is 5.75 Å². The van der Waals surface area contributed by atoms with E-state index in [2.05, 4.69) is 17.4 Å². The second-order valence-electron chi connectivity index (χ2n) is 6.37. The SMILES string of the molecule is COc1c(C)cc(NC(=O)c2ccccc2SCc2ccccc2)cc1C. The van der Waals surface area contributed by atoms with Crippen molar-refractivity contribution < 1.29 is 9.53 Å². The van der Waals surface area contributed by atoms with E-state index in [9.17, 15) is 4.79 Å². The zero-order valence-electron chi connectivity index (χ0n) is 15.8. The lowest BCUT2D eigenvalue weighted by molar-refractivity contribution is 0.102. The molecule has 4 heteroatoms. The Kier molecular flexibility index (Phi) is 6.20. The van der Waals surface area contributed by atoms with Crippen LogP contribution < -0.4 is 10.1 Å². The Morgan fingerprint density at radius 1 is 0.963 bits per heavy atom. The van der Waals surface area contributed by atoms with Crippen LogP contribution in [0.4, 0.5) is 5.69 Å². The maximum atomic E-state index is 12.9. The Morgan fingerprint density at radius 2 is 1.59 bits per heavy atom. The predicted octanol–water partition coefficient (Wildman–Crippen LogP) is 5.86. The van der Waals surface area contributed by atoms with Crippen LogP contribution in [0.2, 0.25) is 0 Å². The van der Waals surface area contributed by atoms with E-state index in [0.29, 0.717) is 5.56 Å². The van der Waals surface area contributed by atoms with Gasteiger partial charge in [-0.2, -0.15) is 0 Å². The fourth-order valence-electron chi connectivity index (χ4n) is 3.06. The van der Waals surface area contributed by atoms with Gasteiger partial charge in [-0.25, -0.2) is 0 Å². The van der Waals surface area contributed by atoms with Gasteiger partial charge in [-0.15, -0.1) is 11.8 Å². The first-order valence-electron chi connectivity index (χ1n) is 8.81. The summed E-state index contributed by atoms with van der Waals surface area (Å²) in [5.74, 6) is 1.58. The minimum Gasteiger partial charge on any atom is -0.496 e. The minimum atomic E-state index is -0.102. The van der Waals surface area contributed by atoms with Gasteiger partial charge in [-0.3, -0.25) is 4.79 Å². The lowest BCUT2D eigenvalue weighted by atomic mass is 10.1. The van der Waals surface area contributed by atoms with Gasteiger partial charge in [0, 0.05) is 16.3 Å². The summed E-state index contributed by atoms with van der Waals surface area (Å²) in [5.41, 5.74) is 4.70. The molecule has 3 nitrogen and oxygen atoms in total. The molecule has 27 heavy (non-hydrogen) atoms. The van der Waals surface area contributed by atoms with E-state index < -0.39 is 0 Å². The zero-order chi connectivity index (χ0) is 19.2. The van der Waals surface area contributed by atoms with Crippen LogP contribution >= 0.6 is 11.8 Å². The number of ether oxygens (including phenoxy) is 1. The number of amides is 1. The lowest BCUT2D eigenvalue weighted by Crippen LogP contribution is -2.13. The Balaban J connectivity index is 1.77. The highest BCUT2D eigenvalue weighted by atomic mass is 32.2. The molecular formula is C23H23NO2S. The second kappa shape index (κ2) is 8.78. The summed E-state index contributed by atoms with van der Waals surface area (Å²) in [6.45, 7) is 3.95. The molecule has 0 saturated carbocycles. The molecule has 0 heterocycles. The lowest BCUT2D eigenvalue weighted by Gasteiger charge is -2.13. The van der Waals surface area contributed by atoms with Gasteiger partial charge in [0.1, 0.15) is 5.75 Å². The van der Waals surface area contributed by atoms with Gasteiger partial charge in [0.15, 0.2) is 0 Å². The molecule has 0 fully saturated rings. The van der Waals surface area contributed by atoms with Crippen molar-refractivity contribution in [3.05, 3.63) is 89.0 Å². The molecule has 0 atom stereocenters. The van der Waals surface area contributed by atoms with E-state index in [0.717, 1.165) is 33.2 Å². The molecule has 0 aliphatic rings.